The molecule has 0 unspecified atom stereocenters. The topological polar surface area (TPSA) is 60.2 Å². The predicted octanol–water partition coefficient (Wildman–Crippen LogP) is 2.82. The number of benzene rings is 1. The highest BCUT2D eigenvalue weighted by molar-refractivity contribution is 9.26. The third kappa shape index (κ3) is 1.61. The Morgan fingerprint density at radius 2 is 2.07 bits per heavy atom. The van der Waals surface area contributed by atoms with Crippen molar-refractivity contribution in [2.45, 2.75) is 9.65 Å². The molecule has 1 aromatic rings. The number of hydrogen-bond donors (Lipinski definition) is 0. The van der Waals surface area contributed by atoms with E-state index in [0.29, 0.717) is 17.5 Å². The lowest BCUT2D eigenvalue weighted by Crippen LogP contribution is -2.19. The molecule has 0 saturated heterocycles. The molecule has 15 heavy (non-hydrogen) atoms. The third-order valence-corrected chi connectivity index (χ3v) is 3.60. The van der Waals surface area contributed by atoms with Crippen LogP contribution in [0.25, 0.3) is 0 Å². The summed E-state index contributed by atoms with van der Waals surface area (Å²) >= 11 is 6.43. The van der Waals surface area contributed by atoms with Gasteiger partial charge < -0.3 is 0 Å². The Labute approximate surface area is 102 Å². The zero-order chi connectivity index (χ0) is 11.2. The van der Waals surface area contributed by atoms with Crippen LogP contribution >= 0.6 is 31.9 Å². The van der Waals surface area contributed by atoms with E-state index in [2.05, 4.69) is 31.9 Å². The van der Waals surface area contributed by atoms with Crippen LogP contribution in [0, 0.1) is 10.1 Å². The van der Waals surface area contributed by atoms with Gasteiger partial charge in [-0.05, 0) is 0 Å². The highest BCUT2D eigenvalue weighted by atomic mass is 79.9. The van der Waals surface area contributed by atoms with Crippen LogP contribution in [0.4, 0.5) is 5.69 Å². The van der Waals surface area contributed by atoms with Gasteiger partial charge >= 0.3 is 0 Å². The van der Waals surface area contributed by atoms with Gasteiger partial charge in [0.1, 0.15) is 3.23 Å². The van der Waals surface area contributed by atoms with Crippen molar-refractivity contribution in [2.24, 2.45) is 0 Å². The van der Waals surface area contributed by atoms with Crippen molar-refractivity contribution in [2.75, 3.05) is 0 Å². The van der Waals surface area contributed by atoms with Crippen LogP contribution in [0.1, 0.15) is 15.9 Å². The molecule has 0 amide bonds. The van der Waals surface area contributed by atoms with Gasteiger partial charge in [-0.2, -0.15) is 0 Å². The molecule has 0 spiro atoms. The molecule has 1 aromatic carbocycles. The fourth-order valence-electron chi connectivity index (χ4n) is 1.64. The van der Waals surface area contributed by atoms with Crippen molar-refractivity contribution < 1.29 is 9.72 Å². The smallest absolute Gasteiger partial charge is 0.273 e. The van der Waals surface area contributed by atoms with Crippen molar-refractivity contribution in [3.8, 4) is 0 Å². The van der Waals surface area contributed by atoms with Gasteiger partial charge in [0, 0.05) is 23.6 Å². The molecule has 0 heterocycles. The molecule has 0 atom stereocenters. The molecule has 0 bridgehead atoms. The molecule has 0 fully saturated rings. The SMILES string of the molecule is O=C1c2cccc([N+](=O)[O-])c2CC1(Br)Br. The normalized spacial score (nSPS) is 17.6. The van der Waals surface area contributed by atoms with Crippen LogP contribution in [0.15, 0.2) is 18.2 Å². The summed E-state index contributed by atoms with van der Waals surface area (Å²) in [5, 5.41) is 10.7. The number of halogens is 2. The highest BCUT2D eigenvalue weighted by Crippen LogP contribution is 2.44. The van der Waals surface area contributed by atoms with Gasteiger partial charge in [-0.3, -0.25) is 14.9 Å². The van der Waals surface area contributed by atoms with Gasteiger partial charge in [0.05, 0.1) is 4.92 Å². The van der Waals surface area contributed by atoms with Crippen molar-refractivity contribution in [1.82, 2.24) is 0 Å². The fourth-order valence-corrected chi connectivity index (χ4v) is 2.63. The number of nitro benzene ring substituents is 1. The Bertz CT molecular complexity index is 470. The molecular weight excluding hydrogens is 330 g/mol. The summed E-state index contributed by atoms with van der Waals surface area (Å²) in [5.74, 6) is -0.166. The molecule has 1 aliphatic rings. The quantitative estimate of drug-likeness (QED) is 0.450. The first-order valence-corrected chi connectivity index (χ1v) is 5.71. The van der Waals surface area contributed by atoms with E-state index in [4.69, 9.17) is 0 Å². The number of nitrogens with zero attached hydrogens (tertiary/aromatic N) is 1. The average molecular weight is 335 g/mol. The number of nitro groups is 1. The fraction of sp³-hybridized carbons (Fsp3) is 0.222. The summed E-state index contributed by atoms with van der Waals surface area (Å²) in [6.07, 6.45) is 0.290. The average Bonchev–Trinajstić information content (AvgIpc) is 2.37. The zero-order valence-corrected chi connectivity index (χ0v) is 10.5. The predicted molar refractivity (Wildman–Crippen MR) is 61.7 cm³/mol. The molecule has 1 aliphatic carbocycles. The highest BCUT2D eigenvalue weighted by Gasteiger charge is 2.44. The molecule has 6 heteroatoms. The molecule has 0 aliphatic heterocycles. The Morgan fingerprint density at radius 1 is 1.40 bits per heavy atom. The summed E-state index contributed by atoms with van der Waals surface area (Å²) in [6, 6.07) is 4.54. The van der Waals surface area contributed by atoms with Gasteiger partial charge in [0.15, 0.2) is 5.78 Å². The van der Waals surface area contributed by atoms with E-state index in [-0.39, 0.29) is 11.5 Å². The Balaban J connectivity index is 2.64. The maximum atomic E-state index is 11.8. The summed E-state index contributed by atoms with van der Waals surface area (Å²) in [5.41, 5.74) is 0.904. The Morgan fingerprint density at radius 3 is 2.67 bits per heavy atom. The molecule has 0 aromatic heterocycles. The Hall–Kier alpha value is -0.750. The summed E-state index contributed by atoms with van der Waals surface area (Å²) in [6.45, 7) is 0. The number of hydrogen-bond acceptors (Lipinski definition) is 3. The second-order valence-electron chi connectivity index (χ2n) is 3.27. The van der Waals surface area contributed by atoms with E-state index >= 15 is 0 Å². The minimum absolute atomic E-state index is 0.00150. The molecule has 0 N–H and O–H groups in total. The van der Waals surface area contributed by atoms with Gasteiger partial charge in [-0.15, -0.1) is 0 Å². The lowest BCUT2D eigenvalue weighted by atomic mass is 10.1. The number of rotatable bonds is 1. The van der Waals surface area contributed by atoms with Crippen molar-refractivity contribution in [3.63, 3.8) is 0 Å². The van der Waals surface area contributed by atoms with Crippen molar-refractivity contribution >= 4 is 43.3 Å². The van der Waals surface area contributed by atoms with Crippen LogP contribution in [-0.4, -0.2) is 13.9 Å². The number of carbonyl (C=O) groups is 1. The van der Waals surface area contributed by atoms with Gasteiger partial charge in [-0.25, -0.2) is 0 Å². The van der Waals surface area contributed by atoms with Crippen molar-refractivity contribution in [1.29, 1.82) is 0 Å². The monoisotopic (exact) mass is 333 g/mol. The number of carbonyl (C=O) groups excluding carboxylic acids is 1. The minimum atomic E-state index is -0.881. The summed E-state index contributed by atoms with van der Waals surface area (Å²) in [7, 11) is 0. The van der Waals surface area contributed by atoms with E-state index in [1.54, 1.807) is 6.07 Å². The van der Waals surface area contributed by atoms with Crippen molar-refractivity contribution in [3.05, 3.63) is 39.4 Å². The lowest BCUT2D eigenvalue weighted by Gasteiger charge is -2.07. The lowest BCUT2D eigenvalue weighted by molar-refractivity contribution is -0.385. The largest absolute Gasteiger partial charge is 0.292 e. The second kappa shape index (κ2) is 3.38. The van der Waals surface area contributed by atoms with Crippen LogP contribution < -0.4 is 0 Å². The van der Waals surface area contributed by atoms with E-state index in [0.717, 1.165) is 0 Å². The van der Waals surface area contributed by atoms with Crippen LogP contribution in [0.2, 0.25) is 0 Å². The third-order valence-electron chi connectivity index (χ3n) is 2.32. The number of ketones is 1. The molecule has 78 valence electrons. The van der Waals surface area contributed by atoms with Gasteiger partial charge in [0.25, 0.3) is 5.69 Å². The first kappa shape index (κ1) is 10.8. The molecule has 0 saturated carbocycles. The molecule has 0 radical (unpaired) electrons. The Kier molecular flexibility index (Phi) is 2.42. The molecule has 4 nitrogen and oxygen atoms in total. The van der Waals surface area contributed by atoms with E-state index < -0.39 is 8.16 Å². The van der Waals surface area contributed by atoms with E-state index in [9.17, 15) is 14.9 Å². The number of fused-ring (bicyclic) bond motifs is 1. The first-order chi connectivity index (χ1) is 6.93. The maximum Gasteiger partial charge on any atom is 0.273 e. The summed E-state index contributed by atoms with van der Waals surface area (Å²) < 4.78 is -0.881. The second-order valence-corrected chi connectivity index (χ2v) is 7.04. The standard InChI is InChI=1S/C9H5Br2NO3/c10-9(11)4-6-5(8(9)13)2-1-3-7(6)12(14)15/h1-3H,4H2. The van der Waals surface area contributed by atoms with Crippen LogP contribution in [0.5, 0.6) is 0 Å². The minimum Gasteiger partial charge on any atom is -0.292 e. The number of alkyl halides is 2. The first-order valence-electron chi connectivity index (χ1n) is 4.12. The van der Waals surface area contributed by atoms with Crippen LogP contribution in [-0.2, 0) is 6.42 Å². The van der Waals surface area contributed by atoms with E-state index in [1.165, 1.54) is 12.1 Å². The summed E-state index contributed by atoms with van der Waals surface area (Å²) in [4.78, 5) is 22.1. The number of Topliss-reactive ketones (excluding diaryl/α,β-unsaturated/α-hetero) is 1. The zero-order valence-electron chi connectivity index (χ0n) is 7.37. The maximum absolute atomic E-state index is 11.8. The molecular formula is C9H5Br2NO3. The van der Waals surface area contributed by atoms with Gasteiger partial charge in [0.2, 0.25) is 0 Å². The van der Waals surface area contributed by atoms with E-state index in [1.807, 2.05) is 0 Å². The molecule has 2 rings (SSSR count). The van der Waals surface area contributed by atoms with Crippen LogP contribution in [0.3, 0.4) is 0 Å². The van der Waals surface area contributed by atoms with Gasteiger partial charge in [-0.1, -0.05) is 44.0 Å².